The molecule has 2 heteroatoms. The van der Waals surface area contributed by atoms with Crippen molar-refractivity contribution >= 4 is 0 Å². The zero-order valence-electron chi connectivity index (χ0n) is 24.7. The van der Waals surface area contributed by atoms with Crippen LogP contribution < -0.4 is 0 Å². The van der Waals surface area contributed by atoms with Gasteiger partial charge in [0.05, 0.1) is 17.3 Å². The van der Waals surface area contributed by atoms with Crippen molar-refractivity contribution in [1.82, 2.24) is 0 Å². The van der Waals surface area contributed by atoms with Gasteiger partial charge < -0.3 is 9.47 Å². The van der Waals surface area contributed by atoms with Crippen LogP contribution in [0.25, 0.3) is 0 Å². The molecule has 0 N–H and O–H groups in total. The van der Waals surface area contributed by atoms with E-state index in [9.17, 15) is 0 Å². The average Bonchev–Trinajstić information content (AvgIpc) is 2.80. The van der Waals surface area contributed by atoms with Gasteiger partial charge in [-0.1, -0.05) is 77.0 Å². The zero-order chi connectivity index (χ0) is 25.3. The Morgan fingerprint density at radius 3 is 1.74 bits per heavy atom. The van der Waals surface area contributed by atoms with Gasteiger partial charge in [-0.05, 0) is 110 Å². The van der Waals surface area contributed by atoms with Gasteiger partial charge in [-0.15, -0.1) is 0 Å². The Hall–Kier alpha value is -0.0800. The highest BCUT2D eigenvalue weighted by molar-refractivity contribution is 4.89. The van der Waals surface area contributed by atoms with Crippen LogP contribution in [0.2, 0.25) is 0 Å². The van der Waals surface area contributed by atoms with E-state index < -0.39 is 0 Å². The molecule has 5 rings (SSSR count). The average molecular weight is 491 g/mol. The fraction of sp³-hybridized carbons (Fsp3) is 1.00. The molecule has 206 valence electrons. The van der Waals surface area contributed by atoms with Crippen LogP contribution in [-0.4, -0.2) is 23.9 Å². The van der Waals surface area contributed by atoms with Crippen molar-refractivity contribution in [2.45, 2.75) is 174 Å². The van der Waals surface area contributed by atoms with Gasteiger partial charge in [0.15, 0.2) is 0 Å². The second-order valence-electron chi connectivity index (χ2n) is 14.5. The van der Waals surface area contributed by atoms with Crippen molar-refractivity contribution in [3.05, 3.63) is 0 Å². The highest BCUT2D eigenvalue weighted by Crippen LogP contribution is 2.48. The smallest absolute Gasteiger partial charge is 0.0632 e. The van der Waals surface area contributed by atoms with Gasteiger partial charge in [0, 0.05) is 6.61 Å². The standard InChI is InChI=1S/C20H36O.C13H26O/c1-20(2,21-13-12-16-6-4-3-5-7-16)15-19-14-17-8-10-18(19)11-9-17;1-11(2)14-13(3,4)10-12-8-6-5-7-9-12/h16-19H,3-15H2,1-2H3;11-12H,5-10H2,1-4H3. The van der Waals surface area contributed by atoms with Crippen LogP contribution in [0.3, 0.4) is 0 Å². The molecule has 1 unspecified atom stereocenters. The molecule has 0 spiro atoms. The normalized spacial score (nSPS) is 28.7. The van der Waals surface area contributed by atoms with Crippen LogP contribution in [0.15, 0.2) is 0 Å². The minimum Gasteiger partial charge on any atom is -0.376 e. The number of ether oxygens (including phenoxy) is 2. The summed E-state index contributed by atoms with van der Waals surface area (Å²) in [6, 6.07) is 0. The number of fused-ring (bicyclic) bond motifs is 3. The Labute approximate surface area is 220 Å². The van der Waals surface area contributed by atoms with Gasteiger partial charge in [0.1, 0.15) is 0 Å². The molecule has 0 aromatic heterocycles. The van der Waals surface area contributed by atoms with E-state index in [-0.39, 0.29) is 11.2 Å². The second-order valence-corrected chi connectivity index (χ2v) is 14.5. The molecule has 0 saturated heterocycles. The summed E-state index contributed by atoms with van der Waals surface area (Å²) in [6.45, 7) is 14.4. The van der Waals surface area contributed by atoms with Gasteiger partial charge in [-0.25, -0.2) is 0 Å². The Balaban J connectivity index is 0.000000214. The summed E-state index contributed by atoms with van der Waals surface area (Å²) in [7, 11) is 0. The summed E-state index contributed by atoms with van der Waals surface area (Å²) in [5.41, 5.74) is 0.187. The predicted molar refractivity (Wildman–Crippen MR) is 151 cm³/mol. The lowest BCUT2D eigenvalue weighted by molar-refractivity contribution is -0.0712. The fourth-order valence-corrected chi connectivity index (χ4v) is 8.21. The first-order valence-corrected chi connectivity index (χ1v) is 15.9. The van der Waals surface area contributed by atoms with Crippen LogP contribution in [0.5, 0.6) is 0 Å². The summed E-state index contributed by atoms with van der Waals surface area (Å²) in [5, 5.41) is 0. The third kappa shape index (κ3) is 11.1. The molecule has 2 bridgehead atoms. The van der Waals surface area contributed by atoms with Crippen molar-refractivity contribution in [1.29, 1.82) is 0 Å². The van der Waals surface area contributed by atoms with Crippen LogP contribution in [-0.2, 0) is 9.47 Å². The van der Waals surface area contributed by atoms with E-state index in [0.717, 1.165) is 36.2 Å². The first kappa shape index (κ1) is 29.5. The minimum absolute atomic E-state index is 0.0795. The van der Waals surface area contributed by atoms with Crippen LogP contribution in [0.1, 0.15) is 157 Å². The van der Waals surface area contributed by atoms with Crippen LogP contribution >= 0.6 is 0 Å². The fourth-order valence-electron chi connectivity index (χ4n) is 8.21. The largest absolute Gasteiger partial charge is 0.376 e. The van der Waals surface area contributed by atoms with Gasteiger partial charge in [-0.2, -0.15) is 0 Å². The summed E-state index contributed by atoms with van der Waals surface area (Å²) < 4.78 is 12.3. The molecule has 5 aliphatic carbocycles. The Morgan fingerprint density at radius 2 is 1.23 bits per heavy atom. The summed E-state index contributed by atoms with van der Waals surface area (Å²) in [5.74, 6) is 4.91. The van der Waals surface area contributed by atoms with Crippen LogP contribution in [0, 0.1) is 29.6 Å². The lowest BCUT2D eigenvalue weighted by atomic mass is 9.62. The van der Waals surface area contributed by atoms with Crippen LogP contribution in [0.4, 0.5) is 0 Å². The Morgan fingerprint density at radius 1 is 0.657 bits per heavy atom. The number of hydrogen-bond acceptors (Lipinski definition) is 2. The van der Waals surface area contributed by atoms with E-state index >= 15 is 0 Å². The molecule has 0 radical (unpaired) electrons. The lowest BCUT2D eigenvalue weighted by Crippen LogP contribution is -2.37. The van der Waals surface area contributed by atoms with Gasteiger partial charge in [0.25, 0.3) is 0 Å². The third-order valence-electron chi connectivity index (χ3n) is 9.75. The van der Waals surface area contributed by atoms with Crippen molar-refractivity contribution in [3.63, 3.8) is 0 Å². The maximum atomic E-state index is 6.34. The van der Waals surface area contributed by atoms with E-state index in [1.54, 1.807) is 0 Å². The zero-order valence-corrected chi connectivity index (χ0v) is 24.7. The molecule has 0 aromatic rings. The second kappa shape index (κ2) is 14.2. The van der Waals surface area contributed by atoms with E-state index in [1.807, 2.05) is 0 Å². The molecule has 5 saturated carbocycles. The lowest BCUT2D eigenvalue weighted by Gasteiger charge is -2.45. The Kier molecular flexibility index (Phi) is 11.9. The predicted octanol–water partition coefficient (Wildman–Crippen LogP) is 10.1. The van der Waals surface area contributed by atoms with E-state index in [1.165, 1.54) is 116 Å². The van der Waals surface area contributed by atoms with E-state index in [4.69, 9.17) is 9.47 Å². The molecule has 1 atom stereocenters. The topological polar surface area (TPSA) is 18.5 Å². The van der Waals surface area contributed by atoms with E-state index in [2.05, 4.69) is 41.5 Å². The molecular weight excluding hydrogens is 428 g/mol. The van der Waals surface area contributed by atoms with Crippen molar-refractivity contribution in [2.75, 3.05) is 6.61 Å². The SMILES string of the molecule is CC(C)(CC1CC2CCC1CC2)OCCC1CCCCC1.CC(C)OC(C)(C)CC1CCCCC1. The molecule has 2 nitrogen and oxygen atoms in total. The third-order valence-corrected chi connectivity index (χ3v) is 9.75. The molecule has 5 aliphatic rings. The minimum atomic E-state index is 0.0795. The number of rotatable bonds is 10. The van der Waals surface area contributed by atoms with Crippen molar-refractivity contribution < 1.29 is 9.47 Å². The van der Waals surface area contributed by atoms with E-state index in [0.29, 0.717) is 6.10 Å². The molecular formula is C33H62O2. The van der Waals surface area contributed by atoms with Gasteiger partial charge in [0.2, 0.25) is 0 Å². The van der Waals surface area contributed by atoms with Crippen molar-refractivity contribution in [3.8, 4) is 0 Å². The molecule has 0 amide bonds. The van der Waals surface area contributed by atoms with Gasteiger partial charge >= 0.3 is 0 Å². The summed E-state index contributed by atoms with van der Waals surface area (Å²) >= 11 is 0. The molecule has 0 heterocycles. The summed E-state index contributed by atoms with van der Waals surface area (Å²) in [4.78, 5) is 0. The quantitative estimate of drug-likeness (QED) is 0.303. The monoisotopic (exact) mass is 490 g/mol. The Bertz CT molecular complexity index is 560. The first-order valence-electron chi connectivity index (χ1n) is 15.9. The highest BCUT2D eigenvalue weighted by atomic mass is 16.5. The van der Waals surface area contributed by atoms with Crippen molar-refractivity contribution in [2.24, 2.45) is 29.6 Å². The summed E-state index contributed by atoms with van der Waals surface area (Å²) in [6.07, 6.45) is 26.2. The molecule has 0 aliphatic heterocycles. The maximum Gasteiger partial charge on any atom is 0.0632 e. The molecule has 35 heavy (non-hydrogen) atoms. The maximum absolute atomic E-state index is 6.34. The highest BCUT2D eigenvalue weighted by Gasteiger charge is 2.38. The number of hydrogen-bond donors (Lipinski definition) is 0. The first-order chi connectivity index (χ1) is 16.6. The van der Waals surface area contributed by atoms with Gasteiger partial charge in [-0.3, -0.25) is 0 Å². The molecule has 5 fully saturated rings. The molecule has 0 aromatic carbocycles.